The predicted molar refractivity (Wildman–Crippen MR) is 74.6 cm³/mol. The van der Waals surface area contributed by atoms with E-state index < -0.39 is 16.4 Å². The van der Waals surface area contributed by atoms with Crippen LogP contribution in [0.25, 0.3) is 0 Å². The molecule has 0 bridgehead atoms. The number of nitrogens with zero attached hydrogens (tertiary/aromatic N) is 1. The van der Waals surface area contributed by atoms with E-state index in [4.69, 9.17) is 0 Å². The van der Waals surface area contributed by atoms with Gasteiger partial charge in [0.1, 0.15) is 5.69 Å². The van der Waals surface area contributed by atoms with Crippen LogP contribution in [-0.2, 0) is 0 Å². The van der Waals surface area contributed by atoms with Gasteiger partial charge in [0, 0.05) is 10.6 Å². The van der Waals surface area contributed by atoms with Crippen LogP contribution in [0, 0.1) is 15.9 Å². The molecule has 0 atom stereocenters. The molecule has 19 heavy (non-hydrogen) atoms. The first-order valence-corrected chi connectivity index (χ1v) is 6.68. The summed E-state index contributed by atoms with van der Waals surface area (Å²) in [5, 5.41) is 13.7. The number of nitro groups is 1. The van der Waals surface area contributed by atoms with Gasteiger partial charge in [0.25, 0.3) is 0 Å². The first kappa shape index (κ1) is 13.4. The number of para-hydroxylation sites is 1. The molecular weight excluding hydrogens is 267 g/mol. The number of benzene rings is 2. The van der Waals surface area contributed by atoms with Crippen LogP contribution in [0.4, 0.5) is 21.5 Å². The van der Waals surface area contributed by atoms with Crippen LogP contribution < -0.4 is 5.32 Å². The number of hydrogen-bond donors (Lipinski definition) is 1. The van der Waals surface area contributed by atoms with Crippen molar-refractivity contribution in [1.29, 1.82) is 0 Å². The molecule has 6 heteroatoms. The number of nitrogens with one attached hydrogen (secondary N) is 1. The van der Waals surface area contributed by atoms with E-state index in [1.165, 1.54) is 12.1 Å². The zero-order valence-electron chi connectivity index (χ0n) is 10.1. The Hall–Kier alpha value is -2.08. The minimum atomic E-state index is -0.851. The summed E-state index contributed by atoms with van der Waals surface area (Å²) in [6.45, 7) is 0. The number of nitro benzene ring substituents is 1. The van der Waals surface area contributed by atoms with Gasteiger partial charge in [-0.3, -0.25) is 10.1 Å². The summed E-state index contributed by atoms with van der Waals surface area (Å²) in [7, 11) is 0. The summed E-state index contributed by atoms with van der Waals surface area (Å²) in [5.74, 6) is -0.851. The molecule has 2 aromatic rings. The highest BCUT2D eigenvalue weighted by molar-refractivity contribution is 7.98. The second-order valence-electron chi connectivity index (χ2n) is 3.75. The summed E-state index contributed by atoms with van der Waals surface area (Å²) in [4.78, 5) is 11.2. The molecule has 98 valence electrons. The Bertz CT molecular complexity index is 602. The second kappa shape index (κ2) is 5.71. The van der Waals surface area contributed by atoms with Crippen molar-refractivity contribution in [3.63, 3.8) is 0 Å². The predicted octanol–water partition coefficient (Wildman–Crippen LogP) is 4.20. The van der Waals surface area contributed by atoms with Gasteiger partial charge >= 0.3 is 5.69 Å². The van der Waals surface area contributed by atoms with Gasteiger partial charge in [0.2, 0.25) is 5.82 Å². The van der Waals surface area contributed by atoms with Gasteiger partial charge in [-0.1, -0.05) is 6.07 Å². The van der Waals surface area contributed by atoms with Crippen molar-refractivity contribution in [3.8, 4) is 0 Å². The average Bonchev–Trinajstić information content (AvgIpc) is 2.39. The maximum atomic E-state index is 13.4. The summed E-state index contributed by atoms with van der Waals surface area (Å²) in [5.41, 5.74) is 0.268. The zero-order chi connectivity index (χ0) is 13.8. The first-order chi connectivity index (χ1) is 9.11. The molecule has 0 aromatic heterocycles. The fourth-order valence-electron chi connectivity index (χ4n) is 1.63. The fourth-order valence-corrected chi connectivity index (χ4v) is 2.04. The number of thioether (sulfide) groups is 1. The molecule has 0 saturated carbocycles. The normalized spacial score (nSPS) is 10.2. The topological polar surface area (TPSA) is 55.2 Å². The fraction of sp³-hybridized carbons (Fsp3) is 0.0769. The third kappa shape index (κ3) is 3.03. The van der Waals surface area contributed by atoms with Gasteiger partial charge in [-0.2, -0.15) is 4.39 Å². The van der Waals surface area contributed by atoms with Crippen LogP contribution in [0.15, 0.2) is 47.4 Å². The van der Waals surface area contributed by atoms with Crippen LogP contribution in [-0.4, -0.2) is 11.2 Å². The largest absolute Gasteiger partial charge is 0.350 e. The Balaban J connectivity index is 2.32. The molecule has 0 aliphatic rings. The molecular formula is C13H11FN2O2S. The minimum Gasteiger partial charge on any atom is -0.350 e. The molecule has 0 aliphatic carbocycles. The number of rotatable bonds is 4. The van der Waals surface area contributed by atoms with Crippen LogP contribution in [0.1, 0.15) is 0 Å². The number of halogens is 1. The molecule has 2 aromatic carbocycles. The Kier molecular flexibility index (Phi) is 4.01. The SMILES string of the molecule is CSc1ccc(Nc2cccc(F)c2[N+](=O)[O-])cc1. The van der Waals surface area contributed by atoms with Gasteiger partial charge in [0.15, 0.2) is 0 Å². The lowest BCUT2D eigenvalue weighted by atomic mass is 10.2. The van der Waals surface area contributed by atoms with Gasteiger partial charge < -0.3 is 5.32 Å². The molecule has 0 amide bonds. The van der Waals surface area contributed by atoms with E-state index in [9.17, 15) is 14.5 Å². The van der Waals surface area contributed by atoms with Crippen LogP contribution in [0.5, 0.6) is 0 Å². The van der Waals surface area contributed by atoms with Gasteiger partial charge in [-0.25, -0.2) is 0 Å². The summed E-state index contributed by atoms with van der Waals surface area (Å²) >= 11 is 1.60. The smallest absolute Gasteiger partial charge is 0.327 e. The Labute approximate surface area is 113 Å². The van der Waals surface area contributed by atoms with Crippen LogP contribution >= 0.6 is 11.8 Å². The molecule has 0 spiro atoms. The van der Waals surface area contributed by atoms with Crippen molar-refractivity contribution in [2.45, 2.75) is 4.90 Å². The van der Waals surface area contributed by atoms with Crippen molar-refractivity contribution >= 4 is 28.8 Å². The lowest BCUT2D eigenvalue weighted by Gasteiger charge is -2.08. The van der Waals surface area contributed by atoms with E-state index >= 15 is 0 Å². The molecule has 0 heterocycles. The van der Waals surface area contributed by atoms with Crippen molar-refractivity contribution in [2.24, 2.45) is 0 Å². The van der Waals surface area contributed by atoms with Crippen molar-refractivity contribution in [1.82, 2.24) is 0 Å². The first-order valence-electron chi connectivity index (χ1n) is 5.46. The minimum absolute atomic E-state index is 0.141. The van der Waals surface area contributed by atoms with Gasteiger partial charge in [-0.15, -0.1) is 11.8 Å². The number of anilines is 2. The zero-order valence-corrected chi connectivity index (χ0v) is 10.9. The molecule has 0 saturated heterocycles. The summed E-state index contributed by atoms with van der Waals surface area (Å²) in [6.07, 6.45) is 1.96. The Morgan fingerprint density at radius 2 is 1.89 bits per heavy atom. The van der Waals surface area contributed by atoms with Crippen molar-refractivity contribution in [2.75, 3.05) is 11.6 Å². The van der Waals surface area contributed by atoms with E-state index in [1.54, 1.807) is 23.9 Å². The monoisotopic (exact) mass is 278 g/mol. The van der Waals surface area contributed by atoms with E-state index in [1.807, 2.05) is 18.4 Å². The lowest BCUT2D eigenvalue weighted by molar-refractivity contribution is -0.386. The van der Waals surface area contributed by atoms with E-state index in [0.29, 0.717) is 5.69 Å². The standard InChI is InChI=1S/C13H11FN2O2S/c1-19-10-7-5-9(6-8-10)15-12-4-2-3-11(14)13(12)16(17)18/h2-8,15H,1H3. The highest BCUT2D eigenvalue weighted by Gasteiger charge is 2.19. The molecule has 2 rings (SSSR count). The maximum absolute atomic E-state index is 13.4. The maximum Gasteiger partial charge on any atom is 0.327 e. The van der Waals surface area contributed by atoms with E-state index in [2.05, 4.69) is 5.32 Å². The third-order valence-corrected chi connectivity index (χ3v) is 3.28. The van der Waals surface area contributed by atoms with E-state index in [0.717, 1.165) is 11.0 Å². The Morgan fingerprint density at radius 3 is 2.47 bits per heavy atom. The number of hydrogen-bond acceptors (Lipinski definition) is 4. The highest BCUT2D eigenvalue weighted by atomic mass is 32.2. The molecule has 0 unspecified atom stereocenters. The third-order valence-electron chi connectivity index (χ3n) is 2.54. The van der Waals surface area contributed by atoms with Gasteiger partial charge in [-0.05, 0) is 42.7 Å². The average molecular weight is 278 g/mol. The molecule has 0 radical (unpaired) electrons. The summed E-state index contributed by atoms with van der Waals surface area (Å²) in [6, 6.07) is 11.3. The van der Waals surface area contributed by atoms with Crippen LogP contribution in [0.2, 0.25) is 0 Å². The molecule has 1 N–H and O–H groups in total. The van der Waals surface area contributed by atoms with E-state index in [-0.39, 0.29) is 5.69 Å². The highest BCUT2D eigenvalue weighted by Crippen LogP contribution is 2.30. The quantitative estimate of drug-likeness (QED) is 0.517. The van der Waals surface area contributed by atoms with Crippen molar-refractivity contribution < 1.29 is 9.31 Å². The summed E-state index contributed by atoms with van der Waals surface area (Å²) < 4.78 is 13.4. The molecule has 0 fully saturated rings. The van der Waals surface area contributed by atoms with Gasteiger partial charge in [0.05, 0.1) is 4.92 Å². The lowest BCUT2D eigenvalue weighted by Crippen LogP contribution is -1.99. The van der Waals surface area contributed by atoms with Crippen molar-refractivity contribution in [3.05, 3.63) is 58.4 Å². The molecule has 4 nitrogen and oxygen atoms in total. The second-order valence-corrected chi connectivity index (χ2v) is 4.63. The Morgan fingerprint density at radius 1 is 1.21 bits per heavy atom. The van der Waals surface area contributed by atoms with Crippen LogP contribution in [0.3, 0.4) is 0 Å². The molecule has 0 aliphatic heterocycles.